The minimum absolute atomic E-state index is 0.277. The molecule has 13 heavy (non-hydrogen) atoms. The summed E-state index contributed by atoms with van der Waals surface area (Å²) in [6.45, 7) is 0.455. The molecule has 70 valence electrons. The first kappa shape index (κ1) is 9.91. The van der Waals surface area contributed by atoms with Gasteiger partial charge >= 0.3 is 0 Å². The zero-order chi connectivity index (χ0) is 9.68. The highest BCUT2D eigenvalue weighted by Gasteiger charge is 1.96. The Bertz CT molecular complexity index is 287. The molecule has 0 saturated carbocycles. The summed E-state index contributed by atoms with van der Waals surface area (Å²) < 4.78 is 0.813. The number of primary amides is 1. The molecule has 0 aliphatic carbocycles. The maximum absolute atomic E-state index is 10.4. The van der Waals surface area contributed by atoms with Gasteiger partial charge in [-0.2, -0.15) is 0 Å². The number of halogens is 1. The van der Waals surface area contributed by atoms with E-state index in [9.17, 15) is 4.79 Å². The third kappa shape index (κ3) is 3.84. The molecule has 0 fully saturated rings. The molecule has 1 heterocycles. The number of anilines is 1. The fraction of sp³-hybridized carbons (Fsp3) is 0.286. The molecule has 0 aliphatic rings. The molecule has 1 rings (SSSR count). The molecule has 0 bridgehead atoms. The highest BCUT2D eigenvalue weighted by molar-refractivity contribution is 9.10. The zero-order valence-electron chi connectivity index (χ0n) is 6.83. The molecule has 0 spiro atoms. The SMILES string of the molecule is NC(=O)CCNc1ncc(Br)cn1. The van der Waals surface area contributed by atoms with Gasteiger partial charge in [0.1, 0.15) is 0 Å². The van der Waals surface area contributed by atoms with Crippen molar-refractivity contribution in [3.63, 3.8) is 0 Å². The van der Waals surface area contributed by atoms with Crippen LogP contribution in [0.15, 0.2) is 16.9 Å². The normalized spacial score (nSPS) is 9.62. The van der Waals surface area contributed by atoms with Gasteiger partial charge in [-0.25, -0.2) is 9.97 Å². The van der Waals surface area contributed by atoms with Gasteiger partial charge in [-0.05, 0) is 15.9 Å². The summed E-state index contributed by atoms with van der Waals surface area (Å²) >= 11 is 3.21. The number of carbonyl (C=O) groups is 1. The molecule has 0 unspecified atom stereocenters. The third-order valence-electron chi connectivity index (χ3n) is 1.27. The van der Waals surface area contributed by atoms with Gasteiger partial charge in [0.05, 0.1) is 4.47 Å². The van der Waals surface area contributed by atoms with E-state index in [1.165, 1.54) is 0 Å². The van der Waals surface area contributed by atoms with E-state index < -0.39 is 0 Å². The van der Waals surface area contributed by atoms with Gasteiger partial charge in [0.25, 0.3) is 0 Å². The molecular weight excluding hydrogens is 236 g/mol. The van der Waals surface area contributed by atoms with E-state index >= 15 is 0 Å². The molecule has 5 nitrogen and oxygen atoms in total. The van der Waals surface area contributed by atoms with E-state index in [1.807, 2.05) is 0 Å². The predicted octanol–water partition coefficient (Wildman–Crippen LogP) is 0.526. The molecule has 0 radical (unpaired) electrons. The van der Waals surface area contributed by atoms with Gasteiger partial charge in [0.15, 0.2) is 0 Å². The van der Waals surface area contributed by atoms with E-state index in [4.69, 9.17) is 5.73 Å². The fourth-order valence-corrected chi connectivity index (χ4v) is 0.906. The number of hydrogen-bond donors (Lipinski definition) is 2. The number of carbonyl (C=O) groups excluding carboxylic acids is 1. The Labute approximate surface area is 83.9 Å². The first-order valence-electron chi connectivity index (χ1n) is 3.68. The van der Waals surface area contributed by atoms with Crippen molar-refractivity contribution in [3.05, 3.63) is 16.9 Å². The average molecular weight is 245 g/mol. The van der Waals surface area contributed by atoms with Gasteiger partial charge in [-0.1, -0.05) is 0 Å². The van der Waals surface area contributed by atoms with E-state index in [0.717, 1.165) is 4.47 Å². The Hall–Kier alpha value is -1.17. The summed E-state index contributed by atoms with van der Waals surface area (Å²) in [5.74, 6) is 0.147. The summed E-state index contributed by atoms with van der Waals surface area (Å²) in [5, 5.41) is 2.86. The Morgan fingerprint density at radius 3 is 2.69 bits per heavy atom. The Balaban J connectivity index is 2.37. The predicted molar refractivity (Wildman–Crippen MR) is 52.0 cm³/mol. The Morgan fingerprint density at radius 2 is 2.15 bits per heavy atom. The van der Waals surface area contributed by atoms with Crippen molar-refractivity contribution in [3.8, 4) is 0 Å². The van der Waals surface area contributed by atoms with Gasteiger partial charge in [0.2, 0.25) is 11.9 Å². The van der Waals surface area contributed by atoms with Crippen molar-refractivity contribution in [2.24, 2.45) is 5.73 Å². The molecule has 1 aromatic heterocycles. The number of aromatic nitrogens is 2. The van der Waals surface area contributed by atoms with Crippen molar-refractivity contribution in [1.29, 1.82) is 0 Å². The lowest BCUT2D eigenvalue weighted by Gasteiger charge is -2.01. The van der Waals surface area contributed by atoms with Crippen LogP contribution in [-0.4, -0.2) is 22.4 Å². The summed E-state index contributed by atoms with van der Waals surface area (Å²) in [7, 11) is 0. The van der Waals surface area contributed by atoms with Crippen molar-refractivity contribution in [2.75, 3.05) is 11.9 Å². The summed E-state index contributed by atoms with van der Waals surface area (Å²) in [6, 6.07) is 0. The van der Waals surface area contributed by atoms with Crippen LogP contribution < -0.4 is 11.1 Å². The number of hydrogen-bond acceptors (Lipinski definition) is 4. The second kappa shape index (κ2) is 4.76. The van der Waals surface area contributed by atoms with Crippen LogP contribution in [0.5, 0.6) is 0 Å². The zero-order valence-corrected chi connectivity index (χ0v) is 8.41. The Kier molecular flexibility index (Phi) is 3.63. The molecular formula is C7H9BrN4O. The molecule has 0 atom stereocenters. The van der Waals surface area contributed by atoms with Crippen molar-refractivity contribution < 1.29 is 4.79 Å². The molecule has 0 saturated heterocycles. The molecule has 6 heteroatoms. The third-order valence-corrected chi connectivity index (χ3v) is 1.68. The molecule has 1 aromatic rings. The van der Waals surface area contributed by atoms with Crippen LogP contribution in [0.2, 0.25) is 0 Å². The highest BCUT2D eigenvalue weighted by Crippen LogP contribution is 2.06. The maximum Gasteiger partial charge on any atom is 0.222 e. The smallest absolute Gasteiger partial charge is 0.222 e. The second-order valence-electron chi connectivity index (χ2n) is 2.37. The lowest BCUT2D eigenvalue weighted by atomic mass is 10.4. The van der Waals surface area contributed by atoms with Crippen LogP contribution in [0.3, 0.4) is 0 Å². The number of rotatable bonds is 4. The van der Waals surface area contributed by atoms with Crippen molar-refractivity contribution in [2.45, 2.75) is 6.42 Å². The molecule has 1 amide bonds. The van der Waals surface area contributed by atoms with Crippen LogP contribution in [-0.2, 0) is 4.79 Å². The Morgan fingerprint density at radius 1 is 1.54 bits per heavy atom. The van der Waals surface area contributed by atoms with Crippen LogP contribution in [0.1, 0.15) is 6.42 Å². The van der Waals surface area contributed by atoms with Crippen LogP contribution in [0.25, 0.3) is 0 Å². The van der Waals surface area contributed by atoms with Crippen LogP contribution in [0.4, 0.5) is 5.95 Å². The number of nitrogens with one attached hydrogen (secondary N) is 1. The number of nitrogens with zero attached hydrogens (tertiary/aromatic N) is 2. The summed E-state index contributed by atoms with van der Waals surface area (Å²) in [4.78, 5) is 18.3. The minimum atomic E-state index is -0.343. The lowest BCUT2D eigenvalue weighted by Crippen LogP contribution is -2.16. The van der Waals surface area contributed by atoms with Gasteiger partial charge in [-0.3, -0.25) is 4.79 Å². The topological polar surface area (TPSA) is 80.9 Å². The maximum atomic E-state index is 10.4. The largest absolute Gasteiger partial charge is 0.370 e. The van der Waals surface area contributed by atoms with E-state index in [0.29, 0.717) is 12.5 Å². The monoisotopic (exact) mass is 244 g/mol. The minimum Gasteiger partial charge on any atom is -0.370 e. The fourth-order valence-electron chi connectivity index (χ4n) is 0.701. The summed E-state index contributed by atoms with van der Waals surface area (Å²) in [6.07, 6.45) is 3.53. The van der Waals surface area contributed by atoms with Crippen LogP contribution in [0, 0.1) is 0 Å². The first-order valence-corrected chi connectivity index (χ1v) is 4.47. The van der Waals surface area contributed by atoms with Crippen LogP contribution >= 0.6 is 15.9 Å². The van der Waals surface area contributed by atoms with Gasteiger partial charge < -0.3 is 11.1 Å². The first-order chi connectivity index (χ1) is 6.18. The summed E-state index contributed by atoms with van der Waals surface area (Å²) in [5.41, 5.74) is 4.95. The lowest BCUT2D eigenvalue weighted by molar-refractivity contribution is -0.117. The quantitative estimate of drug-likeness (QED) is 0.810. The van der Waals surface area contributed by atoms with E-state index in [1.54, 1.807) is 12.4 Å². The van der Waals surface area contributed by atoms with Gasteiger partial charge in [-0.15, -0.1) is 0 Å². The van der Waals surface area contributed by atoms with E-state index in [2.05, 4.69) is 31.2 Å². The molecule has 0 aromatic carbocycles. The number of amides is 1. The van der Waals surface area contributed by atoms with Crippen molar-refractivity contribution >= 4 is 27.8 Å². The molecule has 3 N–H and O–H groups in total. The number of nitrogens with two attached hydrogens (primary N) is 1. The van der Waals surface area contributed by atoms with Gasteiger partial charge in [0, 0.05) is 25.4 Å². The molecule has 0 aliphatic heterocycles. The average Bonchev–Trinajstić information content (AvgIpc) is 2.08. The van der Waals surface area contributed by atoms with Crippen molar-refractivity contribution in [1.82, 2.24) is 9.97 Å². The standard InChI is InChI=1S/C7H9BrN4O/c8-5-3-11-7(12-4-5)10-2-1-6(9)13/h3-4H,1-2H2,(H2,9,13)(H,10,11,12). The second-order valence-corrected chi connectivity index (χ2v) is 3.28. The van der Waals surface area contributed by atoms with E-state index in [-0.39, 0.29) is 12.3 Å². The highest BCUT2D eigenvalue weighted by atomic mass is 79.9.